The van der Waals surface area contributed by atoms with E-state index >= 15 is 0 Å². The maximum atomic E-state index is 11.1. The number of hydrogen-bond acceptors (Lipinski definition) is 4. The molecule has 5 heteroatoms. The normalized spacial score (nSPS) is 26.6. The summed E-state index contributed by atoms with van der Waals surface area (Å²) in [6.45, 7) is 1.89. The van der Waals surface area contributed by atoms with Crippen LogP contribution in [0.4, 0.5) is 0 Å². The lowest BCUT2D eigenvalue weighted by Crippen LogP contribution is -2.28. The molecule has 1 fully saturated rings. The Hall–Kier alpha value is -0.130. The minimum absolute atomic E-state index is 0.0222. The molecule has 0 aliphatic carbocycles. The summed E-state index contributed by atoms with van der Waals surface area (Å²) < 4.78 is 22.2. The van der Waals surface area contributed by atoms with Gasteiger partial charge in [-0.2, -0.15) is 0 Å². The van der Waals surface area contributed by atoms with Crippen LogP contribution >= 0.6 is 0 Å². The molecule has 0 saturated carbocycles. The summed E-state index contributed by atoms with van der Waals surface area (Å²) in [6, 6.07) is 0. The fourth-order valence-corrected chi connectivity index (χ4v) is 3.24. The summed E-state index contributed by atoms with van der Waals surface area (Å²) in [5.74, 6) is 0.358. The van der Waals surface area contributed by atoms with Crippen molar-refractivity contribution in [1.29, 1.82) is 0 Å². The van der Waals surface area contributed by atoms with E-state index in [-0.39, 0.29) is 18.3 Å². The topological polar surface area (TPSA) is 57.6 Å². The first kappa shape index (κ1) is 11.9. The molecular weight excluding hydrogens is 202 g/mol. The Morgan fingerprint density at radius 3 is 2.57 bits per heavy atom. The Bertz CT molecular complexity index is 276. The third-order valence-corrected chi connectivity index (χ3v) is 3.88. The van der Waals surface area contributed by atoms with E-state index < -0.39 is 9.84 Å². The zero-order chi connectivity index (χ0) is 10.8. The van der Waals surface area contributed by atoms with E-state index in [1.54, 1.807) is 0 Å². The van der Waals surface area contributed by atoms with Crippen molar-refractivity contribution in [3.05, 3.63) is 0 Å². The minimum Gasteiger partial charge on any atom is -0.396 e. The predicted octanol–water partition coefficient (Wildman–Crippen LogP) is -0.409. The van der Waals surface area contributed by atoms with Crippen molar-refractivity contribution in [3.8, 4) is 0 Å². The first-order valence-electron chi connectivity index (χ1n) is 4.89. The summed E-state index contributed by atoms with van der Waals surface area (Å²) in [5, 5.41) is 9.15. The van der Waals surface area contributed by atoms with Crippen LogP contribution in [-0.4, -0.2) is 57.2 Å². The molecule has 1 rings (SSSR count). The number of hydrogen-bond donors (Lipinski definition) is 1. The molecule has 1 N–H and O–H groups in total. The van der Waals surface area contributed by atoms with Crippen molar-refractivity contribution in [2.24, 2.45) is 11.8 Å². The third kappa shape index (κ3) is 3.55. The summed E-state index contributed by atoms with van der Waals surface area (Å²) in [5.41, 5.74) is 0. The Morgan fingerprint density at radius 2 is 2.21 bits per heavy atom. The van der Waals surface area contributed by atoms with Gasteiger partial charge in [-0.25, -0.2) is 8.42 Å². The molecule has 1 aliphatic rings. The van der Waals surface area contributed by atoms with Crippen LogP contribution in [0, 0.1) is 11.8 Å². The van der Waals surface area contributed by atoms with Crippen molar-refractivity contribution >= 4 is 9.84 Å². The van der Waals surface area contributed by atoms with Gasteiger partial charge in [-0.15, -0.1) is 0 Å². The Balaban J connectivity index is 2.54. The molecule has 0 radical (unpaired) electrons. The van der Waals surface area contributed by atoms with Gasteiger partial charge in [-0.3, -0.25) is 0 Å². The fraction of sp³-hybridized carbons (Fsp3) is 1.00. The van der Waals surface area contributed by atoms with E-state index in [4.69, 9.17) is 5.11 Å². The molecule has 4 nitrogen and oxygen atoms in total. The van der Waals surface area contributed by atoms with Crippen molar-refractivity contribution in [1.82, 2.24) is 4.90 Å². The lowest BCUT2D eigenvalue weighted by molar-refractivity contribution is 0.191. The van der Waals surface area contributed by atoms with Gasteiger partial charge in [-0.05, 0) is 31.8 Å². The Kier molecular flexibility index (Phi) is 3.92. The maximum Gasteiger partial charge on any atom is 0.147 e. The van der Waals surface area contributed by atoms with Crippen LogP contribution in [0.15, 0.2) is 0 Å². The van der Waals surface area contributed by atoms with Crippen LogP contribution < -0.4 is 0 Å². The lowest BCUT2D eigenvalue weighted by Gasteiger charge is -2.20. The van der Waals surface area contributed by atoms with Gasteiger partial charge in [0.1, 0.15) is 9.84 Å². The number of nitrogens with zero attached hydrogens (tertiary/aromatic N) is 1. The van der Waals surface area contributed by atoms with Crippen LogP contribution in [0.2, 0.25) is 0 Å². The van der Waals surface area contributed by atoms with Gasteiger partial charge in [0.15, 0.2) is 0 Å². The number of aliphatic hydroxyl groups excluding tert-OH is 1. The molecule has 0 amide bonds. The highest BCUT2D eigenvalue weighted by Gasteiger charge is 2.29. The van der Waals surface area contributed by atoms with E-state index in [1.165, 1.54) is 6.26 Å². The van der Waals surface area contributed by atoms with Gasteiger partial charge in [-0.1, -0.05) is 0 Å². The van der Waals surface area contributed by atoms with E-state index in [1.807, 2.05) is 7.05 Å². The van der Waals surface area contributed by atoms with Crippen LogP contribution in [0.25, 0.3) is 0 Å². The molecule has 2 atom stereocenters. The molecule has 1 aliphatic heterocycles. The van der Waals surface area contributed by atoms with Gasteiger partial charge in [0.05, 0.1) is 5.75 Å². The number of rotatable bonds is 4. The number of aliphatic hydroxyl groups is 1. The summed E-state index contributed by atoms with van der Waals surface area (Å²) >= 11 is 0. The highest BCUT2D eigenvalue weighted by atomic mass is 32.2. The highest BCUT2D eigenvalue weighted by Crippen LogP contribution is 2.23. The molecule has 0 aromatic carbocycles. The fourth-order valence-electron chi connectivity index (χ4n) is 2.08. The summed E-state index contributed by atoms with van der Waals surface area (Å²) in [4.78, 5) is 2.18. The van der Waals surface area contributed by atoms with E-state index in [9.17, 15) is 8.42 Å². The second-order valence-corrected chi connectivity index (χ2v) is 6.53. The molecule has 0 aromatic heterocycles. The summed E-state index contributed by atoms with van der Waals surface area (Å²) in [7, 11) is -0.946. The quantitative estimate of drug-likeness (QED) is 0.701. The van der Waals surface area contributed by atoms with Crippen molar-refractivity contribution in [3.63, 3.8) is 0 Å². The first-order chi connectivity index (χ1) is 6.42. The van der Waals surface area contributed by atoms with E-state index in [0.29, 0.717) is 5.92 Å². The van der Waals surface area contributed by atoms with Crippen molar-refractivity contribution in [2.45, 2.75) is 6.42 Å². The number of likely N-dealkylation sites (tertiary alicyclic amines) is 1. The molecule has 14 heavy (non-hydrogen) atoms. The second kappa shape index (κ2) is 4.59. The zero-order valence-corrected chi connectivity index (χ0v) is 9.63. The van der Waals surface area contributed by atoms with Crippen LogP contribution in [-0.2, 0) is 9.84 Å². The van der Waals surface area contributed by atoms with Gasteiger partial charge in [0.2, 0.25) is 0 Å². The standard InChI is InChI=1S/C9H19NO3S/c1-10-4-3-8(5-10)9(6-11)7-14(2,12)13/h8-9,11H,3-7H2,1-2H3. The zero-order valence-electron chi connectivity index (χ0n) is 8.81. The molecule has 1 heterocycles. The van der Waals surface area contributed by atoms with Crippen molar-refractivity contribution < 1.29 is 13.5 Å². The third-order valence-electron chi connectivity index (χ3n) is 2.85. The molecule has 0 aromatic rings. The molecular formula is C9H19NO3S. The van der Waals surface area contributed by atoms with Crippen molar-refractivity contribution in [2.75, 3.05) is 38.8 Å². The Morgan fingerprint density at radius 1 is 1.57 bits per heavy atom. The van der Waals surface area contributed by atoms with E-state index in [2.05, 4.69) is 4.90 Å². The minimum atomic E-state index is -2.97. The average molecular weight is 221 g/mol. The second-order valence-electron chi connectivity index (χ2n) is 4.35. The average Bonchev–Trinajstić information content (AvgIpc) is 2.46. The Labute approximate surface area is 85.8 Å². The summed E-state index contributed by atoms with van der Waals surface area (Å²) in [6.07, 6.45) is 2.23. The van der Waals surface area contributed by atoms with Gasteiger partial charge >= 0.3 is 0 Å². The lowest BCUT2D eigenvalue weighted by atomic mass is 9.94. The predicted molar refractivity (Wildman–Crippen MR) is 55.9 cm³/mol. The largest absolute Gasteiger partial charge is 0.396 e. The first-order valence-corrected chi connectivity index (χ1v) is 6.95. The van der Waals surface area contributed by atoms with Gasteiger partial charge in [0.25, 0.3) is 0 Å². The van der Waals surface area contributed by atoms with Crippen LogP contribution in [0.5, 0.6) is 0 Å². The van der Waals surface area contributed by atoms with E-state index in [0.717, 1.165) is 19.5 Å². The highest BCUT2D eigenvalue weighted by molar-refractivity contribution is 7.90. The van der Waals surface area contributed by atoms with Gasteiger partial charge in [0, 0.05) is 19.4 Å². The SMILES string of the molecule is CN1CCC(C(CO)CS(C)(=O)=O)C1. The van der Waals surface area contributed by atoms with Gasteiger partial charge < -0.3 is 10.0 Å². The van der Waals surface area contributed by atoms with Crippen LogP contribution in [0.1, 0.15) is 6.42 Å². The monoisotopic (exact) mass is 221 g/mol. The maximum absolute atomic E-state index is 11.1. The molecule has 84 valence electrons. The smallest absolute Gasteiger partial charge is 0.147 e. The molecule has 0 bridgehead atoms. The molecule has 0 spiro atoms. The number of sulfone groups is 1. The van der Waals surface area contributed by atoms with Crippen LogP contribution in [0.3, 0.4) is 0 Å². The molecule has 2 unspecified atom stereocenters. The molecule has 1 saturated heterocycles.